The first-order valence-corrected chi connectivity index (χ1v) is 4.62. The van der Waals surface area contributed by atoms with Gasteiger partial charge in [0.15, 0.2) is 0 Å². The van der Waals surface area contributed by atoms with Gasteiger partial charge in [-0.1, -0.05) is 0 Å². The van der Waals surface area contributed by atoms with Crippen LogP contribution in [-0.2, 0) is 0 Å². The fourth-order valence-corrected chi connectivity index (χ4v) is 1.76. The number of carbonyl (C=O) groups excluding carboxylic acids is 1. The van der Waals surface area contributed by atoms with Gasteiger partial charge in [-0.2, -0.15) is 0 Å². The summed E-state index contributed by atoms with van der Waals surface area (Å²) in [6.45, 7) is 0. The average Bonchev–Trinajstić information content (AvgIpc) is 1.88. The van der Waals surface area contributed by atoms with Crippen molar-refractivity contribution in [2.24, 2.45) is 0 Å². The predicted octanol–water partition coefficient (Wildman–Crippen LogP) is 1.20. The van der Waals surface area contributed by atoms with Gasteiger partial charge < -0.3 is 0 Å². The summed E-state index contributed by atoms with van der Waals surface area (Å²) in [7, 11) is 0. The van der Waals surface area contributed by atoms with Crippen LogP contribution in [0, 0.1) is 0 Å². The first-order valence-electron chi connectivity index (χ1n) is 3.76. The fourth-order valence-electron chi connectivity index (χ4n) is 1.41. The molecule has 1 rings (SSSR count). The van der Waals surface area contributed by atoms with E-state index in [0.717, 1.165) is 12.8 Å². The SMILES string of the molecule is O=C([Se-])NC1CCCCC1. The normalized spacial score (nSPS) is 20.4. The minimum absolute atomic E-state index is 0.00750. The van der Waals surface area contributed by atoms with Gasteiger partial charge in [0.2, 0.25) is 0 Å². The van der Waals surface area contributed by atoms with Gasteiger partial charge in [-0.3, -0.25) is 0 Å². The number of hydrogen-bond acceptors (Lipinski definition) is 1. The van der Waals surface area contributed by atoms with Crippen LogP contribution in [0.1, 0.15) is 32.1 Å². The van der Waals surface area contributed by atoms with Crippen LogP contribution < -0.4 is 5.32 Å². The molecule has 1 aliphatic rings. The minimum atomic E-state index is -0.00750. The molecule has 1 fully saturated rings. The summed E-state index contributed by atoms with van der Waals surface area (Å²) >= 11 is 2.44. The van der Waals surface area contributed by atoms with E-state index in [2.05, 4.69) is 21.3 Å². The van der Waals surface area contributed by atoms with Crippen LogP contribution in [0.25, 0.3) is 0 Å². The van der Waals surface area contributed by atoms with Gasteiger partial charge in [-0.15, -0.1) is 0 Å². The number of nitrogens with one attached hydrogen (secondary N) is 1. The van der Waals surface area contributed by atoms with Gasteiger partial charge >= 0.3 is 69.1 Å². The predicted molar refractivity (Wildman–Crippen MR) is 41.2 cm³/mol. The van der Waals surface area contributed by atoms with Crippen molar-refractivity contribution in [2.45, 2.75) is 38.1 Å². The number of amides is 1. The van der Waals surface area contributed by atoms with E-state index in [1.54, 1.807) is 0 Å². The molecular formula is C7H12NOSe-. The summed E-state index contributed by atoms with van der Waals surface area (Å²) in [5.74, 6) is 0. The van der Waals surface area contributed by atoms with E-state index in [1.165, 1.54) is 19.3 Å². The molecule has 1 saturated carbocycles. The molecule has 0 aromatic carbocycles. The van der Waals surface area contributed by atoms with Gasteiger partial charge in [0, 0.05) is 0 Å². The van der Waals surface area contributed by atoms with Crippen LogP contribution in [0.15, 0.2) is 0 Å². The third kappa shape index (κ3) is 2.72. The Morgan fingerprint density at radius 3 is 2.40 bits per heavy atom. The molecule has 58 valence electrons. The topological polar surface area (TPSA) is 29.1 Å². The summed E-state index contributed by atoms with van der Waals surface area (Å²) in [5, 5.41) is 2.89. The van der Waals surface area contributed by atoms with E-state index >= 15 is 0 Å². The van der Waals surface area contributed by atoms with Crippen molar-refractivity contribution in [3.8, 4) is 0 Å². The Morgan fingerprint density at radius 2 is 1.90 bits per heavy atom. The molecule has 0 bridgehead atoms. The Morgan fingerprint density at radius 1 is 1.30 bits per heavy atom. The van der Waals surface area contributed by atoms with E-state index in [4.69, 9.17) is 0 Å². The van der Waals surface area contributed by atoms with Gasteiger partial charge in [-0.05, 0) is 0 Å². The summed E-state index contributed by atoms with van der Waals surface area (Å²) in [5.41, 5.74) is 0. The first-order chi connectivity index (χ1) is 4.79. The van der Waals surface area contributed by atoms with Crippen LogP contribution >= 0.6 is 0 Å². The molecular weight excluding hydrogens is 193 g/mol. The Bertz CT molecular complexity index is 121. The molecule has 1 amide bonds. The zero-order valence-corrected chi connectivity index (χ0v) is 7.64. The molecule has 0 spiro atoms. The Hall–Kier alpha value is -0.0105. The molecule has 0 aliphatic heterocycles. The van der Waals surface area contributed by atoms with Crippen molar-refractivity contribution in [2.75, 3.05) is 0 Å². The van der Waals surface area contributed by atoms with Crippen molar-refractivity contribution < 1.29 is 4.79 Å². The second-order valence-corrected chi connectivity index (χ2v) is 3.54. The molecule has 0 aromatic heterocycles. The molecule has 2 nitrogen and oxygen atoms in total. The standard InChI is InChI=1S/C7H13NOSe/c9-7(10)8-6-4-2-1-3-5-6/h6H,1-5H2,(H2,8,9,10)/p-1. The summed E-state index contributed by atoms with van der Waals surface area (Å²) in [4.78, 5) is 10.5. The van der Waals surface area contributed by atoms with Crippen molar-refractivity contribution >= 4 is 20.8 Å². The molecule has 0 heterocycles. The van der Waals surface area contributed by atoms with Crippen LogP contribution in [0.2, 0.25) is 0 Å². The number of rotatable bonds is 1. The maximum atomic E-state index is 10.5. The fraction of sp³-hybridized carbons (Fsp3) is 0.857. The van der Waals surface area contributed by atoms with Crippen LogP contribution in [-0.4, -0.2) is 26.9 Å². The Balaban J connectivity index is 2.19. The van der Waals surface area contributed by atoms with Crippen molar-refractivity contribution in [3.05, 3.63) is 0 Å². The van der Waals surface area contributed by atoms with Crippen LogP contribution in [0.5, 0.6) is 0 Å². The molecule has 0 atom stereocenters. The first kappa shape index (κ1) is 8.09. The molecule has 10 heavy (non-hydrogen) atoms. The Kier molecular flexibility index (Phi) is 3.23. The second-order valence-electron chi connectivity index (χ2n) is 2.77. The van der Waals surface area contributed by atoms with E-state index in [1.807, 2.05) is 0 Å². The third-order valence-corrected chi connectivity index (χ3v) is 2.17. The van der Waals surface area contributed by atoms with Crippen molar-refractivity contribution in [1.82, 2.24) is 5.32 Å². The average molecular weight is 205 g/mol. The Labute approximate surface area is 69.6 Å². The van der Waals surface area contributed by atoms with Gasteiger partial charge in [0.05, 0.1) is 0 Å². The zero-order chi connectivity index (χ0) is 7.40. The molecule has 0 aromatic rings. The monoisotopic (exact) mass is 206 g/mol. The van der Waals surface area contributed by atoms with Crippen molar-refractivity contribution in [1.29, 1.82) is 0 Å². The van der Waals surface area contributed by atoms with E-state index in [9.17, 15) is 4.79 Å². The quantitative estimate of drug-likeness (QED) is 0.640. The number of carbonyl (C=O) groups is 1. The summed E-state index contributed by atoms with van der Waals surface area (Å²) in [6, 6.07) is 0.447. The molecule has 0 saturated heterocycles. The van der Waals surface area contributed by atoms with Gasteiger partial charge in [0.25, 0.3) is 0 Å². The van der Waals surface area contributed by atoms with Crippen molar-refractivity contribution in [3.63, 3.8) is 0 Å². The zero-order valence-electron chi connectivity index (χ0n) is 5.93. The third-order valence-electron chi connectivity index (χ3n) is 1.93. The van der Waals surface area contributed by atoms with E-state index in [0.29, 0.717) is 6.04 Å². The molecule has 1 aliphatic carbocycles. The van der Waals surface area contributed by atoms with Gasteiger partial charge in [-0.25, -0.2) is 0 Å². The molecule has 0 unspecified atom stereocenters. The molecule has 3 heteroatoms. The molecule has 0 radical (unpaired) electrons. The maximum absolute atomic E-state index is 10.5. The van der Waals surface area contributed by atoms with E-state index in [-0.39, 0.29) is 4.81 Å². The van der Waals surface area contributed by atoms with Gasteiger partial charge in [0.1, 0.15) is 0 Å². The molecule has 1 N–H and O–H groups in total. The van der Waals surface area contributed by atoms with Crippen LogP contribution in [0.3, 0.4) is 0 Å². The number of hydrogen-bond donors (Lipinski definition) is 1. The second kappa shape index (κ2) is 3.99. The summed E-state index contributed by atoms with van der Waals surface area (Å²) in [6.07, 6.45) is 6.19. The van der Waals surface area contributed by atoms with Crippen LogP contribution in [0.4, 0.5) is 4.79 Å². The van der Waals surface area contributed by atoms with E-state index < -0.39 is 0 Å². The summed E-state index contributed by atoms with van der Waals surface area (Å²) < 4.78 is 0.